The smallest absolute Gasteiger partial charge is 0.372 e. The number of ketones is 1. The average molecular weight is 424 g/mol. The molecule has 29 heavy (non-hydrogen) atoms. The van der Waals surface area contributed by atoms with Crippen LogP contribution < -0.4 is 22.9 Å². The molecule has 0 aromatic carbocycles. The van der Waals surface area contributed by atoms with Crippen LogP contribution in [-0.2, 0) is 28.8 Å². The Morgan fingerprint density at radius 3 is 1.48 bits per heavy atom. The fraction of sp³-hybridized carbons (Fsp3) is 0.600. The van der Waals surface area contributed by atoms with Gasteiger partial charge in [-0.25, -0.2) is 4.79 Å². The van der Waals surface area contributed by atoms with Crippen LogP contribution in [0.3, 0.4) is 0 Å². The summed E-state index contributed by atoms with van der Waals surface area (Å²) < 4.78 is 0. The number of carbonyl (C=O) groups is 6. The molecule has 0 aliphatic rings. The third kappa shape index (κ3) is 24.9. The maximum absolute atomic E-state index is 10.2. The molecule has 0 fully saturated rings. The third-order valence-corrected chi connectivity index (χ3v) is 2.86. The molecule has 0 bridgehead atoms. The molecule has 0 aliphatic carbocycles. The predicted octanol–water partition coefficient (Wildman–Crippen LogP) is -2.69. The van der Waals surface area contributed by atoms with Crippen molar-refractivity contribution in [2.75, 3.05) is 6.54 Å². The van der Waals surface area contributed by atoms with E-state index >= 15 is 0 Å². The van der Waals surface area contributed by atoms with Crippen LogP contribution in [0.2, 0.25) is 0 Å². The van der Waals surface area contributed by atoms with Gasteiger partial charge >= 0.3 is 23.9 Å². The van der Waals surface area contributed by atoms with Crippen molar-refractivity contribution in [3.05, 3.63) is 0 Å². The highest BCUT2D eigenvalue weighted by molar-refractivity contribution is 6.32. The fourth-order valence-electron chi connectivity index (χ4n) is 1.21. The molecule has 2 atom stereocenters. The molecule has 14 nitrogen and oxygen atoms in total. The number of carboxylic acid groups (broad SMARTS) is 4. The first-order valence-corrected chi connectivity index (χ1v) is 8.19. The summed E-state index contributed by atoms with van der Waals surface area (Å²) in [6.45, 7) is 0.501. The van der Waals surface area contributed by atoms with Crippen molar-refractivity contribution in [2.45, 2.75) is 50.6 Å². The number of hydrogen-bond acceptors (Lipinski definition) is 9. The van der Waals surface area contributed by atoms with Crippen LogP contribution in [0.5, 0.6) is 0 Å². The molecule has 0 aliphatic heterocycles. The van der Waals surface area contributed by atoms with Gasteiger partial charge in [0, 0.05) is 12.8 Å². The van der Waals surface area contributed by atoms with Gasteiger partial charge in [0.15, 0.2) is 0 Å². The molecule has 0 aromatic rings. The number of rotatable bonds is 12. The Morgan fingerprint density at radius 1 is 0.724 bits per heavy atom. The third-order valence-electron chi connectivity index (χ3n) is 2.86. The molecule has 14 heteroatoms. The molecule has 0 spiro atoms. The number of hydrogen-bond donors (Lipinski definition) is 8. The number of amides is 1. The number of nitrogens with two attached hydrogens (primary N) is 4. The van der Waals surface area contributed by atoms with Gasteiger partial charge in [-0.2, -0.15) is 0 Å². The predicted molar refractivity (Wildman–Crippen MR) is 97.5 cm³/mol. The SMILES string of the molecule is NC(=O)CC[C@H](N)C(=O)O.NCCC[C@H](N)C(=O)O.O=C(O)CCC(=O)C(=O)O. The van der Waals surface area contributed by atoms with E-state index in [9.17, 15) is 28.8 Å². The quantitative estimate of drug-likeness (QED) is 0.148. The highest BCUT2D eigenvalue weighted by Crippen LogP contribution is 1.93. The molecule has 168 valence electrons. The molecular weight excluding hydrogens is 396 g/mol. The summed E-state index contributed by atoms with van der Waals surface area (Å²) in [7, 11) is 0. The molecule has 0 radical (unpaired) electrons. The standard InChI is InChI=1S/C5H10N2O3.C5H12N2O2.C5H6O5/c6-3(5(9)10)1-2-4(7)8;6-3-1-2-4(7)5(8)9;6-3(5(9)10)1-2-4(7)8/h3H,1-2,6H2,(H2,7,8)(H,9,10);4H,1-3,6-7H2,(H,8,9);1-2H2,(H,7,8)(H,9,10)/t3-;4-;/m00./s1. The molecule has 0 saturated heterocycles. The molecule has 12 N–H and O–H groups in total. The van der Waals surface area contributed by atoms with E-state index in [1.165, 1.54) is 0 Å². The van der Waals surface area contributed by atoms with Gasteiger partial charge in [0.2, 0.25) is 11.7 Å². The van der Waals surface area contributed by atoms with E-state index in [2.05, 4.69) is 0 Å². The summed E-state index contributed by atoms with van der Waals surface area (Å²) in [6, 6.07) is -1.72. The van der Waals surface area contributed by atoms with Gasteiger partial charge in [-0.1, -0.05) is 0 Å². The Bertz CT molecular complexity index is 567. The number of carbonyl (C=O) groups excluding carboxylic acids is 2. The largest absolute Gasteiger partial charge is 0.481 e. The second-order valence-electron chi connectivity index (χ2n) is 5.45. The highest BCUT2D eigenvalue weighted by Gasteiger charge is 2.12. The maximum atomic E-state index is 10.2. The van der Waals surface area contributed by atoms with Gasteiger partial charge in [0.1, 0.15) is 12.1 Å². The molecule has 0 rings (SSSR count). The van der Waals surface area contributed by atoms with Crippen LogP contribution in [-0.4, -0.2) is 74.6 Å². The summed E-state index contributed by atoms with van der Waals surface area (Å²) in [4.78, 5) is 59.9. The van der Waals surface area contributed by atoms with Crippen LogP contribution in [0.25, 0.3) is 0 Å². The van der Waals surface area contributed by atoms with E-state index < -0.39 is 60.5 Å². The molecule has 0 heterocycles. The zero-order valence-electron chi connectivity index (χ0n) is 15.7. The van der Waals surface area contributed by atoms with Crippen LogP contribution >= 0.6 is 0 Å². The van der Waals surface area contributed by atoms with Crippen molar-refractivity contribution >= 4 is 35.6 Å². The van der Waals surface area contributed by atoms with Gasteiger partial charge in [0.25, 0.3) is 0 Å². The molecule has 0 saturated carbocycles. The zero-order chi connectivity index (χ0) is 23.6. The Balaban J connectivity index is -0.000000350. The molecular formula is C15H28N4O10. The lowest BCUT2D eigenvalue weighted by Gasteiger charge is -2.02. The van der Waals surface area contributed by atoms with E-state index in [0.717, 1.165) is 0 Å². The van der Waals surface area contributed by atoms with Gasteiger partial charge in [-0.05, 0) is 25.8 Å². The number of Topliss-reactive ketones (excluding diaryl/α,β-unsaturated/α-hetero) is 1. The van der Waals surface area contributed by atoms with Crippen molar-refractivity contribution in [3.63, 3.8) is 0 Å². The zero-order valence-corrected chi connectivity index (χ0v) is 15.7. The van der Waals surface area contributed by atoms with E-state index in [1.807, 2.05) is 0 Å². The average Bonchev–Trinajstić information content (AvgIpc) is 2.62. The van der Waals surface area contributed by atoms with Crippen molar-refractivity contribution in [1.82, 2.24) is 0 Å². The minimum Gasteiger partial charge on any atom is -0.481 e. The first-order valence-electron chi connectivity index (χ1n) is 8.19. The van der Waals surface area contributed by atoms with Gasteiger partial charge in [-0.3, -0.25) is 24.0 Å². The monoisotopic (exact) mass is 424 g/mol. The number of aliphatic carboxylic acids is 4. The van der Waals surface area contributed by atoms with E-state index in [1.54, 1.807) is 0 Å². The van der Waals surface area contributed by atoms with Gasteiger partial charge in [-0.15, -0.1) is 0 Å². The Morgan fingerprint density at radius 2 is 1.17 bits per heavy atom. The normalized spacial score (nSPS) is 11.4. The second-order valence-corrected chi connectivity index (χ2v) is 5.45. The summed E-state index contributed by atoms with van der Waals surface area (Å²) >= 11 is 0. The lowest BCUT2D eigenvalue weighted by Crippen LogP contribution is -2.31. The highest BCUT2D eigenvalue weighted by atomic mass is 16.4. The second kappa shape index (κ2) is 18.3. The Kier molecular flexibility index (Phi) is 19.3. The van der Waals surface area contributed by atoms with Crippen molar-refractivity contribution in [1.29, 1.82) is 0 Å². The van der Waals surface area contributed by atoms with E-state index in [0.29, 0.717) is 19.4 Å². The van der Waals surface area contributed by atoms with Crippen molar-refractivity contribution < 1.29 is 49.2 Å². The lowest BCUT2D eigenvalue weighted by molar-refractivity contribution is -0.150. The van der Waals surface area contributed by atoms with E-state index in [4.69, 9.17) is 43.4 Å². The first kappa shape index (κ1) is 30.6. The summed E-state index contributed by atoms with van der Waals surface area (Å²) in [5.41, 5.74) is 20.1. The van der Waals surface area contributed by atoms with E-state index in [-0.39, 0.29) is 12.8 Å². The number of carboxylic acids is 4. The maximum Gasteiger partial charge on any atom is 0.372 e. The van der Waals surface area contributed by atoms with Crippen LogP contribution in [0.15, 0.2) is 0 Å². The molecule has 0 aromatic heterocycles. The lowest BCUT2D eigenvalue weighted by atomic mass is 10.2. The van der Waals surface area contributed by atoms with Crippen molar-refractivity contribution in [2.24, 2.45) is 22.9 Å². The van der Waals surface area contributed by atoms with Crippen LogP contribution in [0.1, 0.15) is 38.5 Å². The van der Waals surface area contributed by atoms with Gasteiger partial charge < -0.3 is 43.4 Å². The van der Waals surface area contributed by atoms with Crippen molar-refractivity contribution in [3.8, 4) is 0 Å². The topological polar surface area (TPSA) is 287 Å². The Labute approximate surface area is 165 Å². The first-order chi connectivity index (χ1) is 13.3. The minimum absolute atomic E-state index is 0.0213. The molecule has 0 unspecified atom stereocenters. The van der Waals surface area contributed by atoms with Crippen LogP contribution in [0.4, 0.5) is 0 Å². The van der Waals surface area contributed by atoms with Crippen LogP contribution in [0, 0.1) is 0 Å². The summed E-state index contributed by atoms with van der Waals surface area (Å²) in [5, 5.41) is 32.4. The fourth-order valence-corrected chi connectivity index (χ4v) is 1.21. The Hall–Kier alpha value is -3.10. The molecule has 1 amide bonds. The minimum atomic E-state index is -1.58. The summed E-state index contributed by atoms with van der Waals surface area (Å²) in [6.07, 6.45) is 0.396. The summed E-state index contributed by atoms with van der Waals surface area (Å²) in [5.74, 6) is -6.42. The number of primary amides is 1. The van der Waals surface area contributed by atoms with Gasteiger partial charge in [0.05, 0.1) is 6.42 Å².